The third-order valence-corrected chi connectivity index (χ3v) is 6.76. The van der Waals surface area contributed by atoms with Crippen molar-refractivity contribution in [3.63, 3.8) is 0 Å². The molecule has 0 saturated heterocycles. The second kappa shape index (κ2) is 8.57. The van der Waals surface area contributed by atoms with Crippen LogP contribution in [-0.2, 0) is 11.3 Å². The summed E-state index contributed by atoms with van der Waals surface area (Å²) in [5.41, 5.74) is 1.43. The van der Waals surface area contributed by atoms with Gasteiger partial charge in [0.25, 0.3) is 5.56 Å². The van der Waals surface area contributed by atoms with Gasteiger partial charge >= 0.3 is 0 Å². The van der Waals surface area contributed by atoms with E-state index in [9.17, 15) is 9.59 Å². The van der Waals surface area contributed by atoms with E-state index in [1.54, 1.807) is 22.7 Å². The van der Waals surface area contributed by atoms with Crippen LogP contribution in [0, 0.1) is 5.92 Å². The number of amides is 1. The van der Waals surface area contributed by atoms with Gasteiger partial charge in [0.15, 0.2) is 5.16 Å². The van der Waals surface area contributed by atoms with E-state index < -0.39 is 0 Å². The zero-order valence-electron chi connectivity index (χ0n) is 17.0. The number of para-hydroxylation sites is 1. The molecule has 30 heavy (non-hydrogen) atoms. The first-order valence-corrected chi connectivity index (χ1v) is 11.5. The number of aromatic nitrogens is 3. The molecule has 154 valence electrons. The van der Waals surface area contributed by atoms with Crippen LogP contribution < -0.4 is 10.5 Å². The Labute approximate surface area is 182 Å². The summed E-state index contributed by atoms with van der Waals surface area (Å²) in [6.07, 6.45) is 1.72. The van der Waals surface area contributed by atoms with E-state index in [-0.39, 0.29) is 23.1 Å². The molecule has 0 aliphatic rings. The van der Waals surface area contributed by atoms with Crippen molar-refractivity contribution < 1.29 is 4.79 Å². The maximum absolute atomic E-state index is 13.3. The summed E-state index contributed by atoms with van der Waals surface area (Å²) in [6.45, 7) is 4.67. The lowest BCUT2D eigenvalue weighted by Crippen LogP contribution is -2.29. The standard InChI is InChI=1S/C22H22N4O2S2/c1-14(2)12-26-21(28)19-18(16-10-7-11-23-20(16)30-19)24-22(26)29-13-17(27)25(3)15-8-5-4-6-9-15/h4-11,14H,12-13H2,1-3H3. The number of hydrogen-bond donors (Lipinski definition) is 0. The van der Waals surface area contributed by atoms with Crippen LogP contribution in [0.1, 0.15) is 13.8 Å². The number of carbonyl (C=O) groups is 1. The highest BCUT2D eigenvalue weighted by molar-refractivity contribution is 7.99. The largest absolute Gasteiger partial charge is 0.315 e. The minimum Gasteiger partial charge on any atom is -0.315 e. The molecule has 1 amide bonds. The summed E-state index contributed by atoms with van der Waals surface area (Å²) in [5, 5.41) is 1.44. The van der Waals surface area contributed by atoms with Crippen molar-refractivity contribution >= 4 is 55.1 Å². The highest BCUT2D eigenvalue weighted by Gasteiger charge is 2.19. The van der Waals surface area contributed by atoms with E-state index >= 15 is 0 Å². The minimum atomic E-state index is -0.0666. The van der Waals surface area contributed by atoms with Crippen LogP contribution in [0.2, 0.25) is 0 Å². The molecule has 0 fully saturated rings. The fraction of sp³-hybridized carbons (Fsp3) is 0.273. The van der Waals surface area contributed by atoms with E-state index in [0.717, 1.165) is 15.9 Å². The number of carbonyl (C=O) groups excluding carboxylic acids is 1. The molecule has 1 aromatic carbocycles. The van der Waals surface area contributed by atoms with Crippen LogP contribution in [0.5, 0.6) is 0 Å². The number of thiophene rings is 1. The van der Waals surface area contributed by atoms with Crippen LogP contribution in [0.3, 0.4) is 0 Å². The molecule has 6 nitrogen and oxygen atoms in total. The number of thioether (sulfide) groups is 1. The van der Waals surface area contributed by atoms with E-state index in [4.69, 9.17) is 4.98 Å². The van der Waals surface area contributed by atoms with E-state index in [2.05, 4.69) is 18.8 Å². The molecule has 0 N–H and O–H groups in total. The summed E-state index contributed by atoms with van der Waals surface area (Å²) in [5.74, 6) is 0.423. The monoisotopic (exact) mass is 438 g/mol. The first kappa shape index (κ1) is 20.6. The summed E-state index contributed by atoms with van der Waals surface area (Å²) < 4.78 is 2.31. The Kier molecular flexibility index (Phi) is 5.87. The van der Waals surface area contributed by atoms with Gasteiger partial charge in [0.05, 0.1) is 11.3 Å². The average Bonchev–Trinajstić information content (AvgIpc) is 3.13. The Morgan fingerprint density at radius 2 is 1.97 bits per heavy atom. The van der Waals surface area contributed by atoms with Crippen molar-refractivity contribution in [3.05, 3.63) is 59.0 Å². The first-order chi connectivity index (χ1) is 14.5. The third-order valence-electron chi connectivity index (χ3n) is 4.71. The molecular weight excluding hydrogens is 416 g/mol. The Balaban J connectivity index is 1.70. The van der Waals surface area contributed by atoms with Crippen molar-refractivity contribution in [2.75, 3.05) is 17.7 Å². The lowest BCUT2D eigenvalue weighted by Gasteiger charge is -2.18. The summed E-state index contributed by atoms with van der Waals surface area (Å²) >= 11 is 2.68. The fourth-order valence-corrected chi connectivity index (χ4v) is 5.14. The summed E-state index contributed by atoms with van der Waals surface area (Å²) in [4.78, 5) is 37.6. The number of fused-ring (bicyclic) bond motifs is 3. The molecule has 3 heterocycles. The van der Waals surface area contributed by atoms with E-state index in [1.165, 1.54) is 23.1 Å². The van der Waals surface area contributed by atoms with Crippen molar-refractivity contribution in [1.82, 2.24) is 14.5 Å². The minimum absolute atomic E-state index is 0.0477. The molecule has 0 unspecified atom stereocenters. The van der Waals surface area contributed by atoms with Gasteiger partial charge in [-0.3, -0.25) is 14.2 Å². The van der Waals surface area contributed by atoms with Gasteiger partial charge in [-0.1, -0.05) is 43.8 Å². The van der Waals surface area contributed by atoms with Crippen LogP contribution >= 0.6 is 23.1 Å². The Bertz CT molecular complexity index is 1260. The third kappa shape index (κ3) is 3.97. The highest BCUT2D eigenvalue weighted by atomic mass is 32.2. The number of benzene rings is 1. The molecule has 3 aromatic heterocycles. The molecule has 0 spiro atoms. The predicted octanol–water partition coefficient (Wildman–Crippen LogP) is 4.42. The van der Waals surface area contributed by atoms with Crippen molar-refractivity contribution in [1.29, 1.82) is 0 Å². The van der Waals surface area contributed by atoms with E-state index in [1.807, 2.05) is 42.5 Å². The Morgan fingerprint density at radius 1 is 1.20 bits per heavy atom. The van der Waals surface area contributed by atoms with Gasteiger partial charge in [-0.2, -0.15) is 0 Å². The van der Waals surface area contributed by atoms with Crippen molar-refractivity contribution in [2.24, 2.45) is 5.92 Å². The average molecular weight is 439 g/mol. The van der Waals surface area contributed by atoms with Crippen molar-refractivity contribution in [2.45, 2.75) is 25.5 Å². The first-order valence-electron chi connectivity index (χ1n) is 9.68. The molecule has 0 aliphatic heterocycles. The van der Waals surface area contributed by atoms with Crippen LogP contribution in [0.15, 0.2) is 58.6 Å². The molecule has 4 rings (SSSR count). The number of hydrogen-bond acceptors (Lipinski definition) is 6. The van der Waals surface area contributed by atoms with Crippen LogP contribution in [-0.4, -0.2) is 33.2 Å². The molecule has 8 heteroatoms. The molecule has 0 saturated carbocycles. The van der Waals surface area contributed by atoms with E-state index in [0.29, 0.717) is 21.9 Å². The zero-order chi connectivity index (χ0) is 21.3. The molecule has 0 aliphatic carbocycles. The number of nitrogens with zero attached hydrogens (tertiary/aromatic N) is 4. The van der Waals surface area contributed by atoms with Gasteiger partial charge in [0.2, 0.25) is 5.91 Å². The quantitative estimate of drug-likeness (QED) is 0.329. The second-order valence-corrected chi connectivity index (χ2v) is 9.36. The zero-order valence-corrected chi connectivity index (χ0v) is 18.7. The Hall–Kier alpha value is -2.71. The van der Waals surface area contributed by atoms with Gasteiger partial charge in [0, 0.05) is 30.9 Å². The molecule has 4 aromatic rings. The van der Waals surface area contributed by atoms with Gasteiger partial charge < -0.3 is 4.90 Å². The lowest BCUT2D eigenvalue weighted by atomic mass is 10.2. The number of pyridine rings is 1. The maximum atomic E-state index is 13.3. The SMILES string of the molecule is CC(C)Cn1c(SCC(=O)N(C)c2ccccc2)nc2c(sc3ncccc32)c1=O. The summed E-state index contributed by atoms with van der Waals surface area (Å²) in [7, 11) is 1.76. The Morgan fingerprint density at radius 3 is 2.70 bits per heavy atom. The molecule has 0 atom stereocenters. The summed E-state index contributed by atoms with van der Waals surface area (Å²) in [6, 6.07) is 13.3. The molecule has 0 bridgehead atoms. The normalized spacial score (nSPS) is 11.5. The highest BCUT2D eigenvalue weighted by Crippen LogP contribution is 2.30. The van der Waals surface area contributed by atoms with Crippen molar-refractivity contribution in [3.8, 4) is 0 Å². The number of rotatable bonds is 6. The molecular formula is C22H22N4O2S2. The maximum Gasteiger partial charge on any atom is 0.272 e. The van der Waals surface area contributed by atoms with Crippen LogP contribution in [0.25, 0.3) is 20.4 Å². The van der Waals surface area contributed by atoms with Gasteiger partial charge in [-0.15, -0.1) is 11.3 Å². The predicted molar refractivity (Wildman–Crippen MR) is 125 cm³/mol. The second-order valence-electron chi connectivity index (χ2n) is 7.42. The fourth-order valence-electron chi connectivity index (χ4n) is 3.20. The molecule has 0 radical (unpaired) electrons. The van der Waals surface area contributed by atoms with Gasteiger partial charge in [0.1, 0.15) is 9.53 Å². The van der Waals surface area contributed by atoms with Gasteiger partial charge in [-0.05, 0) is 30.2 Å². The topological polar surface area (TPSA) is 68.1 Å². The van der Waals surface area contributed by atoms with Gasteiger partial charge in [-0.25, -0.2) is 9.97 Å². The smallest absolute Gasteiger partial charge is 0.272 e. The number of anilines is 1. The van der Waals surface area contributed by atoms with Crippen LogP contribution in [0.4, 0.5) is 5.69 Å². The lowest BCUT2D eigenvalue weighted by molar-refractivity contribution is -0.115.